The molecule has 0 atom stereocenters. The maximum absolute atomic E-state index is 12.3. The number of hydrogen-bond donors (Lipinski definition) is 1. The molecule has 2 rings (SSSR count). The van der Waals surface area contributed by atoms with Crippen molar-refractivity contribution in [3.8, 4) is 0 Å². The molecule has 136 valence electrons. The van der Waals surface area contributed by atoms with E-state index in [1.54, 1.807) is 23.0 Å². The molecule has 1 heterocycles. The predicted octanol–water partition coefficient (Wildman–Crippen LogP) is 2.57. The van der Waals surface area contributed by atoms with Gasteiger partial charge in [0.25, 0.3) is 5.91 Å². The van der Waals surface area contributed by atoms with Crippen molar-refractivity contribution in [2.75, 3.05) is 6.26 Å². The normalized spacial score (nSPS) is 11.6. The smallest absolute Gasteiger partial charge is 0.268 e. The Hall–Kier alpha value is -2.02. The van der Waals surface area contributed by atoms with Crippen LogP contribution in [0.2, 0.25) is 0 Å². The van der Waals surface area contributed by atoms with Crippen LogP contribution in [0.5, 0.6) is 0 Å². The Morgan fingerprint density at radius 1 is 1.12 bits per heavy atom. The fourth-order valence-corrected chi connectivity index (χ4v) is 3.19. The van der Waals surface area contributed by atoms with Crippen LogP contribution in [-0.2, 0) is 16.6 Å². The van der Waals surface area contributed by atoms with Crippen molar-refractivity contribution in [3.05, 3.63) is 36.0 Å². The summed E-state index contributed by atoms with van der Waals surface area (Å²) in [6.07, 6.45) is 9.63. The number of nitrogens with one attached hydrogen (secondary N) is 1. The minimum atomic E-state index is -3.61. The van der Waals surface area contributed by atoms with Gasteiger partial charge in [0.15, 0.2) is 6.54 Å². The van der Waals surface area contributed by atoms with E-state index in [0.717, 1.165) is 19.1 Å². The lowest BCUT2D eigenvalue weighted by molar-refractivity contribution is -0.752. The van der Waals surface area contributed by atoms with Gasteiger partial charge in [-0.15, -0.1) is 0 Å². The topological polar surface area (TPSA) is 80.0 Å². The Kier molecular flexibility index (Phi) is 6.87. The standard InChI is InChI=1S/C18H25N3O3S/c1-3-4-5-6-7-10-13-21-14-16(18(22)20-25(2,23)24)15-11-8-9-12-17(15)19-21/h8-9,11-12,14H,3-7,10,13H2,1-2H3/p+1. The number of carbonyl (C=O) groups excluding carboxylic acids is 1. The fourth-order valence-electron chi connectivity index (χ4n) is 2.75. The second kappa shape index (κ2) is 8.89. The van der Waals surface area contributed by atoms with Gasteiger partial charge in [0.2, 0.25) is 16.2 Å². The second-order valence-corrected chi connectivity index (χ2v) is 8.04. The molecule has 1 aromatic carbocycles. The van der Waals surface area contributed by atoms with Crippen molar-refractivity contribution in [2.24, 2.45) is 0 Å². The van der Waals surface area contributed by atoms with Crippen LogP contribution in [-0.4, -0.2) is 25.7 Å². The zero-order valence-corrected chi connectivity index (χ0v) is 15.7. The molecule has 0 radical (unpaired) electrons. The monoisotopic (exact) mass is 364 g/mol. The quantitative estimate of drug-likeness (QED) is 0.548. The van der Waals surface area contributed by atoms with E-state index in [0.29, 0.717) is 23.0 Å². The van der Waals surface area contributed by atoms with Crippen molar-refractivity contribution in [2.45, 2.75) is 52.0 Å². The highest BCUT2D eigenvalue weighted by molar-refractivity contribution is 7.89. The molecular weight excluding hydrogens is 338 g/mol. The van der Waals surface area contributed by atoms with Crippen molar-refractivity contribution in [3.63, 3.8) is 0 Å². The summed E-state index contributed by atoms with van der Waals surface area (Å²) in [6.45, 7) is 2.90. The van der Waals surface area contributed by atoms with Gasteiger partial charge in [0.1, 0.15) is 11.1 Å². The van der Waals surface area contributed by atoms with E-state index in [1.807, 2.05) is 16.9 Å². The number of unbranched alkanes of at least 4 members (excludes halogenated alkanes) is 5. The SMILES string of the molecule is CCCCCCCC[n+]1cc(C(=O)NS(C)(=O)=O)c2ccccc2n1. The summed E-state index contributed by atoms with van der Waals surface area (Å²) in [5.74, 6) is -0.627. The number of carbonyl (C=O) groups is 1. The highest BCUT2D eigenvalue weighted by atomic mass is 32.2. The van der Waals surface area contributed by atoms with E-state index in [4.69, 9.17) is 0 Å². The molecule has 0 aliphatic carbocycles. The summed E-state index contributed by atoms with van der Waals surface area (Å²) in [4.78, 5) is 12.3. The third kappa shape index (κ3) is 6.08. The molecule has 7 heteroatoms. The summed E-state index contributed by atoms with van der Waals surface area (Å²) in [5, 5.41) is 5.18. The van der Waals surface area contributed by atoms with E-state index < -0.39 is 15.9 Å². The van der Waals surface area contributed by atoms with E-state index in [1.165, 1.54) is 25.7 Å². The van der Waals surface area contributed by atoms with Crippen LogP contribution >= 0.6 is 0 Å². The number of benzene rings is 1. The third-order valence-electron chi connectivity index (χ3n) is 3.97. The Balaban J connectivity index is 2.17. The molecule has 25 heavy (non-hydrogen) atoms. The van der Waals surface area contributed by atoms with E-state index >= 15 is 0 Å². The predicted molar refractivity (Wildman–Crippen MR) is 97.6 cm³/mol. The van der Waals surface area contributed by atoms with Gasteiger partial charge in [-0.3, -0.25) is 4.79 Å². The number of amides is 1. The molecule has 1 aromatic heterocycles. The summed E-state index contributed by atoms with van der Waals surface area (Å²) in [5.41, 5.74) is 0.997. The van der Waals surface area contributed by atoms with Gasteiger partial charge in [0.05, 0.1) is 6.26 Å². The first kappa shape index (κ1) is 19.3. The first-order chi connectivity index (χ1) is 11.9. The number of sulfonamides is 1. The second-order valence-electron chi connectivity index (χ2n) is 6.29. The van der Waals surface area contributed by atoms with Crippen molar-refractivity contribution in [1.82, 2.24) is 9.82 Å². The number of aromatic nitrogens is 2. The molecule has 6 nitrogen and oxygen atoms in total. The van der Waals surface area contributed by atoms with Crippen LogP contribution in [0.15, 0.2) is 30.5 Å². The Morgan fingerprint density at radius 3 is 2.52 bits per heavy atom. The number of nitrogens with zero attached hydrogens (tertiary/aromatic N) is 2. The van der Waals surface area contributed by atoms with E-state index in [2.05, 4.69) is 12.0 Å². The minimum Gasteiger partial charge on any atom is -0.268 e. The summed E-state index contributed by atoms with van der Waals surface area (Å²) in [7, 11) is -3.61. The number of aryl methyl sites for hydroxylation is 1. The van der Waals surface area contributed by atoms with Gasteiger partial charge in [-0.05, 0) is 12.5 Å². The molecule has 1 N–H and O–H groups in total. The average molecular weight is 364 g/mol. The number of rotatable bonds is 9. The molecule has 1 amide bonds. The maximum atomic E-state index is 12.3. The Bertz CT molecular complexity index is 835. The molecule has 0 aliphatic heterocycles. The fraction of sp³-hybridized carbons (Fsp3) is 0.500. The summed E-state index contributed by atoms with van der Waals surface area (Å²) < 4.78 is 26.5. The maximum Gasteiger partial charge on any atom is 0.271 e. The lowest BCUT2D eigenvalue weighted by atomic mass is 10.1. The first-order valence-corrected chi connectivity index (χ1v) is 10.6. The molecule has 0 saturated heterocycles. The van der Waals surface area contributed by atoms with Crippen LogP contribution < -0.4 is 9.40 Å². The third-order valence-corrected chi connectivity index (χ3v) is 4.53. The summed E-state index contributed by atoms with van der Waals surface area (Å²) >= 11 is 0. The van der Waals surface area contributed by atoms with Crippen LogP contribution in [0, 0.1) is 0 Å². The van der Waals surface area contributed by atoms with Gasteiger partial charge in [-0.25, -0.2) is 13.1 Å². The molecule has 0 bridgehead atoms. The van der Waals surface area contributed by atoms with Gasteiger partial charge in [0, 0.05) is 16.9 Å². The number of hydrogen-bond acceptors (Lipinski definition) is 4. The molecule has 0 unspecified atom stereocenters. The largest absolute Gasteiger partial charge is 0.271 e. The molecule has 2 aromatic rings. The van der Waals surface area contributed by atoms with Crippen LogP contribution in [0.25, 0.3) is 10.9 Å². The Labute approximate surface area is 149 Å². The molecule has 0 fully saturated rings. The average Bonchev–Trinajstić information content (AvgIpc) is 2.55. The summed E-state index contributed by atoms with van der Waals surface area (Å²) in [6, 6.07) is 7.25. The molecule has 0 saturated carbocycles. The number of fused-ring (bicyclic) bond motifs is 1. The molecule has 0 spiro atoms. The Morgan fingerprint density at radius 2 is 1.80 bits per heavy atom. The van der Waals surface area contributed by atoms with E-state index in [-0.39, 0.29) is 0 Å². The lowest BCUT2D eigenvalue weighted by Crippen LogP contribution is -2.40. The van der Waals surface area contributed by atoms with Crippen molar-refractivity contribution < 1.29 is 17.9 Å². The molecular formula is C18H26N3O3S+. The van der Waals surface area contributed by atoms with Crippen LogP contribution in [0.3, 0.4) is 0 Å². The van der Waals surface area contributed by atoms with Crippen molar-refractivity contribution in [1.29, 1.82) is 0 Å². The van der Waals surface area contributed by atoms with Gasteiger partial charge < -0.3 is 0 Å². The van der Waals surface area contributed by atoms with E-state index in [9.17, 15) is 13.2 Å². The first-order valence-electron chi connectivity index (χ1n) is 8.72. The van der Waals surface area contributed by atoms with Crippen molar-refractivity contribution >= 4 is 26.8 Å². The lowest BCUT2D eigenvalue weighted by Gasteiger charge is -2.05. The molecule has 0 aliphatic rings. The zero-order valence-electron chi connectivity index (χ0n) is 14.9. The van der Waals surface area contributed by atoms with Gasteiger partial charge >= 0.3 is 0 Å². The highest BCUT2D eigenvalue weighted by Crippen LogP contribution is 2.15. The van der Waals surface area contributed by atoms with Gasteiger partial charge in [-0.2, -0.15) is 0 Å². The minimum absolute atomic E-state index is 0.321. The van der Waals surface area contributed by atoms with Crippen LogP contribution in [0.4, 0.5) is 0 Å². The highest BCUT2D eigenvalue weighted by Gasteiger charge is 2.20. The zero-order chi connectivity index (χ0) is 18.3. The van der Waals surface area contributed by atoms with Crippen LogP contribution in [0.1, 0.15) is 55.8 Å². The van der Waals surface area contributed by atoms with Gasteiger partial charge in [-0.1, -0.05) is 55.5 Å².